The molecule has 0 aromatic carbocycles. The van der Waals surface area contributed by atoms with Crippen LogP contribution in [0.15, 0.2) is 0 Å². The Labute approximate surface area is 161 Å². The van der Waals surface area contributed by atoms with Gasteiger partial charge >= 0.3 is 0 Å². The number of nitrogens with one attached hydrogen (secondary N) is 2. The summed E-state index contributed by atoms with van der Waals surface area (Å²) >= 11 is 0. The van der Waals surface area contributed by atoms with Gasteiger partial charge in [-0.25, -0.2) is 0 Å². The predicted molar refractivity (Wildman–Crippen MR) is 102 cm³/mol. The van der Waals surface area contributed by atoms with E-state index in [4.69, 9.17) is 0 Å². The third kappa shape index (κ3) is 4.00. The Kier molecular flexibility index (Phi) is 6.95. The molecule has 146 valence electrons. The molecule has 0 unspecified atom stereocenters. The smallest absolute Gasteiger partial charge is 0.246 e. The van der Waals surface area contributed by atoms with Gasteiger partial charge in [-0.15, -0.1) is 18.3 Å². The van der Waals surface area contributed by atoms with E-state index in [2.05, 4.69) is 22.5 Å². The Bertz CT molecular complexity index is 587. The Balaban J connectivity index is 0.00000243. The Hall–Kier alpha value is -1.29. The molecule has 1 spiro atoms. The van der Waals surface area contributed by atoms with Gasteiger partial charge in [-0.2, -0.15) is 0 Å². The van der Waals surface area contributed by atoms with E-state index in [0.717, 1.165) is 19.3 Å². The zero-order valence-corrected chi connectivity index (χ0v) is 16.3. The predicted octanol–water partition coefficient (Wildman–Crippen LogP) is 0.966. The molecule has 7 heteroatoms. The molecule has 1 saturated carbocycles. The van der Waals surface area contributed by atoms with Crippen LogP contribution in [-0.2, 0) is 9.59 Å². The van der Waals surface area contributed by atoms with Gasteiger partial charge in [0.25, 0.3) is 0 Å². The van der Waals surface area contributed by atoms with Crippen molar-refractivity contribution in [1.29, 1.82) is 0 Å². The van der Waals surface area contributed by atoms with Crippen LogP contribution in [0.3, 0.4) is 0 Å². The van der Waals surface area contributed by atoms with Gasteiger partial charge in [-0.05, 0) is 45.7 Å². The van der Waals surface area contributed by atoms with Crippen molar-refractivity contribution in [1.82, 2.24) is 15.5 Å². The van der Waals surface area contributed by atoms with E-state index < -0.39 is 17.2 Å². The summed E-state index contributed by atoms with van der Waals surface area (Å²) in [5.74, 6) is 5.62. The maximum absolute atomic E-state index is 13.2. The van der Waals surface area contributed by atoms with Crippen molar-refractivity contribution in [2.24, 2.45) is 0 Å². The molecule has 3 N–H and O–H groups in total. The van der Waals surface area contributed by atoms with Crippen molar-refractivity contribution in [2.75, 3.05) is 19.6 Å². The zero-order chi connectivity index (χ0) is 17.9. The van der Waals surface area contributed by atoms with Crippen LogP contribution in [0.4, 0.5) is 0 Å². The lowest BCUT2D eigenvalue weighted by molar-refractivity contribution is -0.160. The van der Waals surface area contributed by atoms with Crippen LogP contribution in [0, 0.1) is 11.8 Å². The summed E-state index contributed by atoms with van der Waals surface area (Å²) in [6.07, 6.45) is 6.01. The summed E-state index contributed by atoms with van der Waals surface area (Å²) in [5.41, 5.74) is -1.63. The lowest BCUT2D eigenvalue weighted by Crippen LogP contribution is -2.73. The second kappa shape index (κ2) is 8.60. The molecule has 1 atom stereocenters. The van der Waals surface area contributed by atoms with Gasteiger partial charge in [0, 0.05) is 6.42 Å². The van der Waals surface area contributed by atoms with Crippen LogP contribution < -0.4 is 10.6 Å². The Morgan fingerprint density at radius 2 is 1.81 bits per heavy atom. The van der Waals surface area contributed by atoms with E-state index in [1.165, 1.54) is 0 Å². The number of rotatable bonds is 3. The van der Waals surface area contributed by atoms with Crippen molar-refractivity contribution in [3.05, 3.63) is 0 Å². The van der Waals surface area contributed by atoms with Crippen LogP contribution in [0.2, 0.25) is 0 Å². The van der Waals surface area contributed by atoms with Crippen LogP contribution in [0.5, 0.6) is 0 Å². The molecule has 3 rings (SSSR count). The molecule has 2 saturated heterocycles. The average Bonchev–Trinajstić information content (AvgIpc) is 2.61. The molecule has 0 radical (unpaired) electrons. The molecule has 2 heterocycles. The van der Waals surface area contributed by atoms with E-state index in [1.54, 1.807) is 11.8 Å². The number of piperidine rings is 1. The standard InChI is InChI=1S/C19H29N3O3.ClH/c1-2-3-13-22-16(23)15(14-18(25)7-5-4-6-8-18)21-17(24)19(22)9-11-20-12-10-19;/h15,20,25H,4-14H2,1H3,(H,21,24);1H/t15-;/m1./s1. The van der Waals surface area contributed by atoms with Crippen LogP contribution in [0.25, 0.3) is 0 Å². The maximum Gasteiger partial charge on any atom is 0.246 e. The number of hydrogen-bond donors (Lipinski definition) is 3. The van der Waals surface area contributed by atoms with Crippen molar-refractivity contribution >= 4 is 24.2 Å². The fourth-order valence-electron chi connectivity index (χ4n) is 4.53. The quantitative estimate of drug-likeness (QED) is 0.634. The van der Waals surface area contributed by atoms with Gasteiger partial charge < -0.3 is 20.6 Å². The highest BCUT2D eigenvalue weighted by Crippen LogP contribution is 2.36. The van der Waals surface area contributed by atoms with Gasteiger partial charge in [0.2, 0.25) is 11.8 Å². The number of carbonyl (C=O) groups is 2. The number of nitrogens with zero attached hydrogens (tertiary/aromatic N) is 1. The van der Waals surface area contributed by atoms with Gasteiger partial charge in [-0.1, -0.05) is 25.2 Å². The molecular formula is C19H30ClN3O3. The minimum Gasteiger partial charge on any atom is -0.390 e. The van der Waals surface area contributed by atoms with Crippen LogP contribution in [-0.4, -0.2) is 58.6 Å². The molecule has 2 amide bonds. The van der Waals surface area contributed by atoms with Gasteiger partial charge in [0.05, 0.1) is 12.1 Å². The number of hydrogen-bond acceptors (Lipinski definition) is 4. The monoisotopic (exact) mass is 383 g/mol. The highest BCUT2D eigenvalue weighted by atomic mass is 35.5. The highest BCUT2D eigenvalue weighted by molar-refractivity contribution is 6.00. The number of amides is 2. The van der Waals surface area contributed by atoms with E-state index in [9.17, 15) is 14.7 Å². The Morgan fingerprint density at radius 3 is 2.42 bits per heavy atom. The lowest BCUT2D eigenvalue weighted by Gasteiger charge is -2.50. The van der Waals surface area contributed by atoms with E-state index >= 15 is 0 Å². The maximum atomic E-state index is 13.2. The lowest BCUT2D eigenvalue weighted by atomic mass is 9.77. The van der Waals surface area contributed by atoms with Crippen molar-refractivity contribution in [2.45, 2.75) is 75.5 Å². The first-order valence-electron chi connectivity index (χ1n) is 9.46. The largest absolute Gasteiger partial charge is 0.390 e. The molecule has 26 heavy (non-hydrogen) atoms. The molecule has 3 fully saturated rings. The van der Waals surface area contributed by atoms with Gasteiger partial charge in [0.15, 0.2) is 0 Å². The topological polar surface area (TPSA) is 81.7 Å². The number of halogens is 1. The minimum atomic E-state index is -0.841. The molecule has 0 aromatic heterocycles. The third-order valence-electron chi connectivity index (χ3n) is 6.02. The summed E-state index contributed by atoms with van der Waals surface area (Å²) in [4.78, 5) is 27.8. The molecular weight excluding hydrogens is 354 g/mol. The normalized spacial score (nSPS) is 27.2. The fraction of sp³-hybridized carbons (Fsp3) is 0.789. The highest BCUT2D eigenvalue weighted by Gasteiger charge is 2.53. The summed E-state index contributed by atoms with van der Waals surface area (Å²) in [6, 6.07) is -0.644. The summed E-state index contributed by atoms with van der Waals surface area (Å²) in [7, 11) is 0. The first-order valence-corrected chi connectivity index (χ1v) is 9.46. The van der Waals surface area contributed by atoms with Crippen molar-refractivity contribution < 1.29 is 14.7 Å². The fourth-order valence-corrected chi connectivity index (χ4v) is 4.53. The van der Waals surface area contributed by atoms with Crippen LogP contribution in [0.1, 0.15) is 58.3 Å². The molecule has 2 aliphatic heterocycles. The molecule has 0 bridgehead atoms. The summed E-state index contributed by atoms with van der Waals surface area (Å²) in [6.45, 7) is 3.44. The summed E-state index contributed by atoms with van der Waals surface area (Å²) in [5, 5.41) is 17.0. The second-order valence-electron chi connectivity index (χ2n) is 7.65. The van der Waals surface area contributed by atoms with E-state index in [1.807, 2.05) is 0 Å². The Morgan fingerprint density at radius 1 is 1.15 bits per heavy atom. The van der Waals surface area contributed by atoms with Crippen LogP contribution >= 0.6 is 12.4 Å². The summed E-state index contributed by atoms with van der Waals surface area (Å²) < 4.78 is 0. The number of aliphatic hydroxyl groups is 1. The molecule has 6 nitrogen and oxygen atoms in total. The SMILES string of the molecule is CC#CCN1C(=O)[C@@H](CC2(O)CCCCC2)NC(=O)C12CCNCC2.Cl. The van der Waals surface area contributed by atoms with Crippen molar-refractivity contribution in [3.63, 3.8) is 0 Å². The molecule has 0 aromatic rings. The third-order valence-corrected chi connectivity index (χ3v) is 6.02. The number of piperazine rings is 1. The van der Waals surface area contributed by atoms with Gasteiger partial charge in [-0.3, -0.25) is 9.59 Å². The minimum absolute atomic E-state index is 0. The van der Waals surface area contributed by atoms with Gasteiger partial charge in [0.1, 0.15) is 11.6 Å². The zero-order valence-electron chi connectivity index (χ0n) is 15.5. The molecule has 1 aliphatic carbocycles. The van der Waals surface area contributed by atoms with Crippen molar-refractivity contribution in [3.8, 4) is 11.8 Å². The average molecular weight is 384 g/mol. The second-order valence-corrected chi connectivity index (χ2v) is 7.65. The van der Waals surface area contributed by atoms with E-state index in [0.29, 0.717) is 45.2 Å². The molecule has 3 aliphatic rings. The first kappa shape index (κ1) is 21.0. The first-order chi connectivity index (χ1) is 12.0. The van der Waals surface area contributed by atoms with E-state index in [-0.39, 0.29) is 30.8 Å². The number of carbonyl (C=O) groups excluding carboxylic acids is 2.